The fraction of sp³-hybridized carbons (Fsp3) is 0.176. The van der Waals surface area contributed by atoms with Crippen molar-refractivity contribution in [3.8, 4) is 0 Å². The van der Waals surface area contributed by atoms with Crippen LogP contribution in [-0.4, -0.2) is 33.5 Å². The first kappa shape index (κ1) is 17.6. The van der Waals surface area contributed by atoms with Crippen LogP contribution in [0, 0.1) is 0 Å². The van der Waals surface area contributed by atoms with E-state index in [4.69, 9.17) is 4.74 Å². The fourth-order valence-electron chi connectivity index (χ4n) is 2.40. The van der Waals surface area contributed by atoms with Gasteiger partial charge in [0.15, 0.2) is 0 Å². The number of alkyl halides is 3. The van der Waals surface area contributed by atoms with Crippen LogP contribution in [0.15, 0.2) is 48.8 Å². The summed E-state index contributed by atoms with van der Waals surface area (Å²) >= 11 is 0. The van der Waals surface area contributed by atoms with Gasteiger partial charge < -0.3 is 4.74 Å². The molecule has 134 valence electrons. The molecule has 26 heavy (non-hydrogen) atoms. The Morgan fingerprint density at radius 2 is 1.85 bits per heavy atom. The van der Waals surface area contributed by atoms with Crippen molar-refractivity contribution >= 4 is 18.1 Å². The molecule has 0 unspecified atom stereocenters. The number of imide groups is 1. The maximum Gasteiger partial charge on any atom is 0.451 e. The topological polar surface area (TPSA) is 72.4 Å². The highest BCUT2D eigenvalue weighted by Crippen LogP contribution is 2.28. The minimum absolute atomic E-state index is 0.0335. The summed E-state index contributed by atoms with van der Waals surface area (Å²) in [5.74, 6) is -1.92. The van der Waals surface area contributed by atoms with E-state index in [9.17, 15) is 22.8 Å². The number of halogens is 3. The van der Waals surface area contributed by atoms with Crippen LogP contribution in [0.4, 0.5) is 18.0 Å². The lowest BCUT2D eigenvalue weighted by Gasteiger charge is -2.18. The molecule has 0 bridgehead atoms. The number of nitrogens with zero attached hydrogens (tertiary/aromatic N) is 3. The summed E-state index contributed by atoms with van der Waals surface area (Å²) in [6, 6.07) is 8.31. The number of rotatable bonds is 3. The van der Waals surface area contributed by atoms with Crippen LogP contribution in [-0.2, 0) is 15.7 Å². The third-order valence-corrected chi connectivity index (χ3v) is 3.64. The van der Waals surface area contributed by atoms with Crippen LogP contribution < -0.4 is 0 Å². The Morgan fingerprint density at radius 3 is 2.46 bits per heavy atom. The summed E-state index contributed by atoms with van der Waals surface area (Å²) < 4.78 is 42.2. The smallest absolute Gasteiger partial charge is 0.446 e. The van der Waals surface area contributed by atoms with Gasteiger partial charge in [-0.3, -0.25) is 4.79 Å². The van der Waals surface area contributed by atoms with Crippen molar-refractivity contribution in [2.24, 2.45) is 0 Å². The minimum Gasteiger partial charge on any atom is -0.446 e. The van der Waals surface area contributed by atoms with E-state index in [2.05, 4.69) is 9.97 Å². The molecule has 1 atom stereocenters. The van der Waals surface area contributed by atoms with Gasteiger partial charge in [-0.15, -0.1) is 0 Å². The summed E-state index contributed by atoms with van der Waals surface area (Å²) in [5.41, 5.74) is 0.924. The molecule has 0 radical (unpaired) electrons. The molecule has 2 amide bonds. The Hall–Kier alpha value is -3.23. The third-order valence-electron chi connectivity index (χ3n) is 3.64. The summed E-state index contributed by atoms with van der Waals surface area (Å²) in [4.78, 5) is 31.6. The van der Waals surface area contributed by atoms with E-state index in [1.54, 1.807) is 30.3 Å². The van der Waals surface area contributed by atoms with Gasteiger partial charge in [0.2, 0.25) is 5.82 Å². The second kappa shape index (κ2) is 6.95. The summed E-state index contributed by atoms with van der Waals surface area (Å²) in [6.07, 6.45) is -1.24. The molecule has 3 rings (SSSR count). The van der Waals surface area contributed by atoms with Crippen molar-refractivity contribution in [3.05, 3.63) is 65.8 Å². The van der Waals surface area contributed by atoms with E-state index in [-0.39, 0.29) is 12.2 Å². The molecule has 1 saturated heterocycles. The van der Waals surface area contributed by atoms with Gasteiger partial charge in [0.25, 0.3) is 5.91 Å². The average Bonchev–Trinajstić information content (AvgIpc) is 3.02. The predicted octanol–water partition coefficient (Wildman–Crippen LogP) is 3.23. The van der Waals surface area contributed by atoms with E-state index in [1.807, 2.05) is 0 Å². The summed E-state index contributed by atoms with van der Waals surface area (Å²) in [6.45, 7) is 0.0335. The van der Waals surface area contributed by atoms with Gasteiger partial charge in [-0.25, -0.2) is 19.7 Å². The van der Waals surface area contributed by atoms with Crippen LogP contribution in [0.5, 0.6) is 0 Å². The number of benzene rings is 1. The zero-order chi connectivity index (χ0) is 18.7. The zero-order valence-corrected chi connectivity index (χ0v) is 13.2. The first-order valence-electron chi connectivity index (χ1n) is 7.48. The fourth-order valence-corrected chi connectivity index (χ4v) is 2.40. The van der Waals surface area contributed by atoms with Crippen molar-refractivity contribution < 1.29 is 27.5 Å². The van der Waals surface area contributed by atoms with Gasteiger partial charge >= 0.3 is 12.3 Å². The summed E-state index contributed by atoms with van der Waals surface area (Å²) in [5, 5.41) is 0. The van der Waals surface area contributed by atoms with E-state index < -0.39 is 30.0 Å². The molecule has 2 heterocycles. The zero-order valence-electron chi connectivity index (χ0n) is 13.2. The van der Waals surface area contributed by atoms with Crippen LogP contribution in [0.3, 0.4) is 0 Å². The van der Waals surface area contributed by atoms with Gasteiger partial charge in [-0.05, 0) is 11.6 Å². The highest BCUT2D eigenvalue weighted by Gasteiger charge is 2.38. The number of hydrogen-bond acceptors (Lipinski definition) is 5. The maximum atomic E-state index is 12.4. The van der Waals surface area contributed by atoms with Crippen molar-refractivity contribution in [2.75, 3.05) is 6.61 Å². The normalized spacial score (nSPS) is 17.6. The molecule has 1 aliphatic heterocycles. The SMILES string of the molecule is O=C(/C=C/c1cnc(C(F)(F)F)nc1)N1C(=O)OC[C@H]1c1ccccc1. The Kier molecular flexibility index (Phi) is 4.70. The quantitative estimate of drug-likeness (QED) is 0.783. The molecule has 1 aliphatic rings. The van der Waals surface area contributed by atoms with Crippen molar-refractivity contribution in [2.45, 2.75) is 12.2 Å². The highest BCUT2D eigenvalue weighted by molar-refractivity contribution is 6.02. The molecule has 0 N–H and O–H groups in total. The van der Waals surface area contributed by atoms with E-state index in [1.165, 1.54) is 6.08 Å². The molecular weight excluding hydrogens is 351 g/mol. The Balaban J connectivity index is 1.75. The van der Waals surface area contributed by atoms with Gasteiger partial charge in [0.1, 0.15) is 12.6 Å². The lowest BCUT2D eigenvalue weighted by Crippen LogP contribution is -2.32. The van der Waals surface area contributed by atoms with Gasteiger partial charge in [0, 0.05) is 24.0 Å². The average molecular weight is 363 g/mol. The van der Waals surface area contributed by atoms with Crippen LogP contribution >= 0.6 is 0 Å². The van der Waals surface area contributed by atoms with Crippen molar-refractivity contribution in [1.82, 2.24) is 14.9 Å². The van der Waals surface area contributed by atoms with E-state index in [0.717, 1.165) is 28.9 Å². The monoisotopic (exact) mass is 363 g/mol. The molecule has 1 fully saturated rings. The molecular formula is C17H12F3N3O3. The molecule has 1 aromatic heterocycles. The first-order valence-corrected chi connectivity index (χ1v) is 7.48. The lowest BCUT2D eigenvalue weighted by molar-refractivity contribution is -0.145. The standard InChI is InChI=1S/C17H12F3N3O3/c18-17(19,20)15-21-8-11(9-22-15)6-7-14(24)23-13(10-26-16(23)25)12-4-2-1-3-5-12/h1-9,13H,10H2/b7-6+/t13-/m0/s1. The number of carbonyl (C=O) groups is 2. The van der Waals surface area contributed by atoms with Crippen LogP contribution in [0.25, 0.3) is 6.08 Å². The second-order valence-corrected chi connectivity index (χ2v) is 5.38. The van der Waals surface area contributed by atoms with Gasteiger partial charge in [0.05, 0.1) is 0 Å². The van der Waals surface area contributed by atoms with Gasteiger partial charge in [-0.2, -0.15) is 13.2 Å². The maximum absolute atomic E-state index is 12.4. The van der Waals surface area contributed by atoms with Crippen molar-refractivity contribution in [1.29, 1.82) is 0 Å². The lowest BCUT2D eigenvalue weighted by atomic mass is 10.1. The summed E-state index contributed by atoms with van der Waals surface area (Å²) in [7, 11) is 0. The van der Waals surface area contributed by atoms with E-state index in [0.29, 0.717) is 0 Å². The number of amides is 2. The largest absolute Gasteiger partial charge is 0.451 e. The van der Waals surface area contributed by atoms with E-state index >= 15 is 0 Å². The van der Waals surface area contributed by atoms with Gasteiger partial charge in [-0.1, -0.05) is 30.3 Å². The number of hydrogen-bond donors (Lipinski definition) is 0. The number of aromatic nitrogens is 2. The third kappa shape index (κ3) is 3.71. The second-order valence-electron chi connectivity index (χ2n) is 5.38. The Labute approximate surface area is 145 Å². The molecule has 0 saturated carbocycles. The Bertz CT molecular complexity index is 836. The molecule has 1 aromatic carbocycles. The van der Waals surface area contributed by atoms with Crippen LogP contribution in [0.1, 0.15) is 23.0 Å². The molecule has 9 heteroatoms. The molecule has 2 aromatic rings. The predicted molar refractivity (Wildman–Crippen MR) is 83.4 cm³/mol. The van der Waals surface area contributed by atoms with Crippen molar-refractivity contribution in [3.63, 3.8) is 0 Å². The minimum atomic E-state index is -4.64. The number of cyclic esters (lactones) is 1. The molecule has 6 nitrogen and oxygen atoms in total. The Morgan fingerprint density at radius 1 is 1.19 bits per heavy atom. The number of carbonyl (C=O) groups excluding carboxylic acids is 2. The highest BCUT2D eigenvalue weighted by atomic mass is 19.4. The number of ether oxygens (including phenoxy) is 1. The first-order chi connectivity index (χ1) is 12.4. The molecule has 0 aliphatic carbocycles. The molecule has 0 spiro atoms. The van der Waals surface area contributed by atoms with Crippen LogP contribution in [0.2, 0.25) is 0 Å².